The van der Waals surface area contributed by atoms with Crippen molar-refractivity contribution in [3.8, 4) is 0 Å². The minimum absolute atomic E-state index is 0.107. The van der Waals surface area contributed by atoms with Gasteiger partial charge in [0.25, 0.3) is 0 Å². The van der Waals surface area contributed by atoms with Crippen LogP contribution in [0.25, 0.3) is 0 Å². The third-order valence-electron chi connectivity index (χ3n) is 5.19. The van der Waals surface area contributed by atoms with Crippen LogP contribution < -0.4 is 0 Å². The number of hydrogen-bond acceptors (Lipinski definition) is 2. The standard InChI is InChI=1S/C17H38O2Si2/c1-12-15(19-21(10,11)17(5,6)7)13-14-18-20(8,9)16(2,3)4/h12,15H,1,13-14H2,2-11H3/t15-/m1/s1. The smallest absolute Gasteiger partial charge is 0.192 e. The Morgan fingerprint density at radius 1 is 0.905 bits per heavy atom. The van der Waals surface area contributed by atoms with Crippen molar-refractivity contribution in [2.24, 2.45) is 0 Å². The Hall–Kier alpha value is 0.0938. The molecule has 21 heavy (non-hydrogen) atoms. The van der Waals surface area contributed by atoms with Gasteiger partial charge in [0, 0.05) is 6.61 Å². The molecule has 0 aromatic carbocycles. The first-order valence-corrected chi connectivity index (χ1v) is 13.9. The van der Waals surface area contributed by atoms with Crippen molar-refractivity contribution in [3.05, 3.63) is 12.7 Å². The largest absolute Gasteiger partial charge is 0.417 e. The lowest BCUT2D eigenvalue weighted by Gasteiger charge is -2.39. The SMILES string of the molecule is C=C[C@H](CCO[Si](C)(C)C(C)(C)C)O[Si](C)(C)C(C)(C)C. The molecule has 0 saturated carbocycles. The van der Waals surface area contributed by atoms with E-state index in [1.54, 1.807) is 0 Å². The molecule has 0 amide bonds. The van der Waals surface area contributed by atoms with Crippen molar-refractivity contribution in [1.29, 1.82) is 0 Å². The van der Waals surface area contributed by atoms with Crippen molar-refractivity contribution >= 4 is 16.6 Å². The predicted molar refractivity (Wildman–Crippen MR) is 100 cm³/mol. The van der Waals surface area contributed by atoms with Gasteiger partial charge in [0.2, 0.25) is 0 Å². The van der Waals surface area contributed by atoms with Crippen LogP contribution in [0.2, 0.25) is 36.3 Å². The van der Waals surface area contributed by atoms with Gasteiger partial charge in [-0.1, -0.05) is 47.6 Å². The fraction of sp³-hybridized carbons (Fsp3) is 0.882. The van der Waals surface area contributed by atoms with E-state index in [0.717, 1.165) is 13.0 Å². The van der Waals surface area contributed by atoms with Gasteiger partial charge in [-0.3, -0.25) is 0 Å². The van der Waals surface area contributed by atoms with E-state index < -0.39 is 16.6 Å². The highest BCUT2D eigenvalue weighted by molar-refractivity contribution is 6.74. The van der Waals surface area contributed by atoms with E-state index >= 15 is 0 Å². The highest BCUT2D eigenvalue weighted by Crippen LogP contribution is 2.38. The van der Waals surface area contributed by atoms with Gasteiger partial charge in [0.15, 0.2) is 16.6 Å². The molecule has 0 radical (unpaired) electrons. The Morgan fingerprint density at radius 3 is 1.67 bits per heavy atom. The summed E-state index contributed by atoms with van der Waals surface area (Å²) in [5.41, 5.74) is 0. The second-order valence-electron chi connectivity index (χ2n) is 9.05. The molecule has 0 fully saturated rings. The van der Waals surface area contributed by atoms with Gasteiger partial charge in [-0.25, -0.2) is 0 Å². The molecule has 4 heteroatoms. The first-order valence-electron chi connectivity index (χ1n) is 8.08. The Kier molecular flexibility index (Phi) is 7.14. The van der Waals surface area contributed by atoms with E-state index in [2.05, 4.69) is 74.3 Å². The van der Waals surface area contributed by atoms with Crippen molar-refractivity contribution < 1.29 is 8.85 Å². The monoisotopic (exact) mass is 330 g/mol. The summed E-state index contributed by atoms with van der Waals surface area (Å²) in [5, 5.41) is 0.492. The van der Waals surface area contributed by atoms with Crippen molar-refractivity contribution in [3.63, 3.8) is 0 Å². The Bertz CT molecular complexity index is 336. The van der Waals surface area contributed by atoms with E-state index in [9.17, 15) is 0 Å². The lowest BCUT2D eigenvalue weighted by Crippen LogP contribution is -2.44. The van der Waals surface area contributed by atoms with E-state index in [1.807, 2.05) is 6.08 Å². The molecule has 0 rings (SSSR count). The second kappa shape index (κ2) is 7.11. The molecule has 0 aliphatic heterocycles. The minimum Gasteiger partial charge on any atom is -0.417 e. The molecular formula is C17H38O2Si2. The highest BCUT2D eigenvalue weighted by Gasteiger charge is 2.39. The molecule has 0 unspecified atom stereocenters. The van der Waals surface area contributed by atoms with Crippen LogP contribution in [0.5, 0.6) is 0 Å². The van der Waals surface area contributed by atoms with Gasteiger partial charge in [-0.2, -0.15) is 0 Å². The maximum absolute atomic E-state index is 6.41. The molecule has 0 spiro atoms. The molecule has 0 aromatic heterocycles. The van der Waals surface area contributed by atoms with Gasteiger partial charge in [-0.05, 0) is 42.7 Å². The zero-order valence-electron chi connectivity index (χ0n) is 16.1. The summed E-state index contributed by atoms with van der Waals surface area (Å²) < 4.78 is 12.7. The van der Waals surface area contributed by atoms with Crippen LogP contribution in [-0.4, -0.2) is 29.3 Å². The third kappa shape index (κ3) is 6.39. The van der Waals surface area contributed by atoms with Crippen molar-refractivity contribution in [2.45, 2.75) is 90.3 Å². The normalized spacial score (nSPS) is 15.9. The topological polar surface area (TPSA) is 18.5 Å². The van der Waals surface area contributed by atoms with E-state index in [4.69, 9.17) is 8.85 Å². The molecule has 126 valence electrons. The molecular weight excluding hydrogens is 292 g/mol. The summed E-state index contributed by atoms with van der Waals surface area (Å²) in [4.78, 5) is 0. The predicted octanol–water partition coefficient (Wildman–Crippen LogP) is 5.97. The number of rotatable bonds is 7. The average molecular weight is 331 g/mol. The fourth-order valence-electron chi connectivity index (χ4n) is 1.43. The highest BCUT2D eigenvalue weighted by atomic mass is 28.4. The van der Waals surface area contributed by atoms with Gasteiger partial charge >= 0.3 is 0 Å². The summed E-state index contributed by atoms with van der Waals surface area (Å²) in [6.45, 7) is 27.5. The first kappa shape index (κ1) is 21.1. The van der Waals surface area contributed by atoms with Crippen molar-refractivity contribution in [1.82, 2.24) is 0 Å². The average Bonchev–Trinajstić information content (AvgIpc) is 2.24. The summed E-state index contributed by atoms with van der Waals surface area (Å²) in [6.07, 6.45) is 2.95. The molecule has 0 heterocycles. The molecule has 1 atom stereocenters. The lowest BCUT2D eigenvalue weighted by molar-refractivity contribution is 0.176. The quantitative estimate of drug-likeness (QED) is 0.422. The molecule has 0 N–H and O–H groups in total. The number of hydrogen-bond donors (Lipinski definition) is 0. The van der Waals surface area contributed by atoms with Crippen LogP contribution in [0.4, 0.5) is 0 Å². The Labute approximate surface area is 135 Å². The molecule has 0 aromatic rings. The van der Waals surface area contributed by atoms with E-state index in [1.165, 1.54) is 0 Å². The van der Waals surface area contributed by atoms with Gasteiger partial charge in [0.05, 0.1) is 6.10 Å². The van der Waals surface area contributed by atoms with Crippen LogP contribution in [0.3, 0.4) is 0 Å². The molecule has 0 aliphatic carbocycles. The third-order valence-corrected chi connectivity index (χ3v) is 14.2. The van der Waals surface area contributed by atoms with Crippen LogP contribution in [-0.2, 0) is 8.85 Å². The lowest BCUT2D eigenvalue weighted by atomic mass is 10.2. The Balaban J connectivity index is 4.53. The van der Waals surface area contributed by atoms with Gasteiger partial charge in [-0.15, -0.1) is 6.58 Å². The van der Waals surface area contributed by atoms with Crippen LogP contribution in [0.1, 0.15) is 48.0 Å². The summed E-state index contributed by atoms with van der Waals surface area (Å²) in [7, 11) is -3.40. The fourth-order valence-corrected chi connectivity index (χ4v) is 3.81. The Morgan fingerprint density at radius 2 is 1.33 bits per heavy atom. The van der Waals surface area contributed by atoms with E-state index in [-0.39, 0.29) is 16.2 Å². The molecule has 0 aliphatic rings. The summed E-state index contributed by atoms with van der Waals surface area (Å²) in [6, 6.07) is 0. The maximum atomic E-state index is 6.41. The van der Waals surface area contributed by atoms with Crippen LogP contribution in [0.15, 0.2) is 12.7 Å². The van der Waals surface area contributed by atoms with Gasteiger partial charge in [0.1, 0.15) is 0 Å². The summed E-state index contributed by atoms with van der Waals surface area (Å²) in [5.74, 6) is 0. The summed E-state index contributed by atoms with van der Waals surface area (Å²) >= 11 is 0. The zero-order valence-corrected chi connectivity index (χ0v) is 18.1. The van der Waals surface area contributed by atoms with E-state index in [0.29, 0.717) is 0 Å². The van der Waals surface area contributed by atoms with Gasteiger partial charge < -0.3 is 8.85 Å². The zero-order chi connectivity index (χ0) is 17.1. The minimum atomic E-state index is -1.74. The molecule has 0 saturated heterocycles. The van der Waals surface area contributed by atoms with Crippen molar-refractivity contribution in [2.75, 3.05) is 6.61 Å². The van der Waals surface area contributed by atoms with Crippen LogP contribution in [0, 0.1) is 0 Å². The second-order valence-corrected chi connectivity index (χ2v) is 18.6. The van der Waals surface area contributed by atoms with Crippen LogP contribution >= 0.6 is 0 Å². The first-order chi connectivity index (χ1) is 9.14. The maximum Gasteiger partial charge on any atom is 0.192 e. The molecule has 2 nitrogen and oxygen atoms in total. The molecule has 0 bridgehead atoms.